The Bertz CT molecular complexity index is 828. The summed E-state index contributed by atoms with van der Waals surface area (Å²) in [6.07, 6.45) is 0.429. The summed E-state index contributed by atoms with van der Waals surface area (Å²) in [5.41, 5.74) is -0.408. The van der Waals surface area contributed by atoms with E-state index in [4.69, 9.17) is 18.9 Å². The molecule has 8 atom stereocenters. The summed E-state index contributed by atoms with van der Waals surface area (Å²) in [5.74, 6) is -1.71. The number of nitrogens with zero attached hydrogens (tertiary/aromatic N) is 1. The first-order valence-corrected chi connectivity index (χ1v) is 11.0. The van der Waals surface area contributed by atoms with Gasteiger partial charge in [0, 0.05) is 12.3 Å². The lowest BCUT2D eigenvalue weighted by molar-refractivity contribution is -0.156. The fourth-order valence-corrected chi connectivity index (χ4v) is 5.27. The Labute approximate surface area is 183 Å². The van der Waals surface area contributed by atoms with Gasteiger partial charge in [0.1, 0.15) is 18.3 Å². The van der Waals surface area contributed by atoms with Gasteiger partial charge in [0.25, 0.3) is 0 Å². The third-order valence-electron chi connectivity index (χ3n) is 6.82. The molecule has 1 unspecified atom stereocenters. The summed E-state index contributed by atoms with van der Waals surface area (Å²) in [6, 6.07) is -0.516. The molecule has 1 aliphatic carbocycles. The van der Waals surface area contributed by atoms with E-state index in [0.29, 0.717) is 12.0 Å². The number of fused-ring (bicyclic) bond motifs is 4. The molecule has 8 heteroatoms. The standard InChI is InChI=1S/C23H33NO7/c1-11-16-13-8-12(21(27)28-13)17(24(6)7)18(30-15(25)10-22(2,3)4)19-23(5,31-19)9-14(16)29-20(11)26/h8,11,13-14,16-19H,9-10H2,1-7H3/t11?,13-,14+,16+,17-,18-,19+,23+/m1/s1. The molecule has 4 rings (SSSR count). The highest BCUT2D eigenvalue weighted by Crippen LogP contribution is 2.51. The first-order valence-electron chi connectivity index (χ1n) is 11.0. The molecule has 0 aromatic heterocycles. The average molecular weight is 436 g/mol. The number of epoxide rings is 1. The molecule has 2 bridgehead atoms. The molecule has 0 aromatic rings. The van der Waals surface area contributed by atoms with E-state index in [0.717, 1.165) is 0 Å². The van der Waals surface area contributed by atoms with Crippen molar-refractivity contribution in [1.82, 2.24) is 4.90 Å². The quantitative estimate of drug-likeness (QED) is 0.377. The third-order valence-corrected chi connectivity index (χ3v) is 6.82. The zero-order valence-electron chi connectivity index (χ0n) is 19.3. The maximum absolute atomic E-state index is 12.9. The minimum Gasteiger partial charge on any atom is -0.462 e. The maximum Gasteiger partial charge on any atom is 0.336 e. The number of hydrogen-bond donors (Lipinski definition) is 0. The van der Waals surface area contributed by atoms with E-state index in [9.17, 15) is 14.4 Å². The second-order valence-corrected chi connectivity index (χ2v) is 11.0. The highest BCUT2D eigenvalue weighted by Gasteiger charge is 2.65. The van der Waals surface area contributed by atoms with Crippen LogP contribution in [0.2, 0.25) is 0 Å². The van der Waals surface area contributed by atoms with Gasteiger partial charge in [0.15, 0.2) is 6.10 Å². The minimum atomic E-state index is -0.682. The van der Waals surface area contributed by atoms with E-state index < -0.39 is 42.0 Å². The first-order chi connectivity index (χ1) is 14.3. The molecule has 0 spiro atoms. The fourth-order valence-electron chi connectivity index (χ4n) is 5.27. The highest BCUT2D eigenvalue weighted by atomic mass is 16.6. The smallest absolute Gasteiger partial charge is 0.336 e. The molecule has 2 saturated heterocycles. The lowest BCUT2D eigenvalue weighted by atomic mass is 9.79. The van der Waals surface area contributed by atoms with Gasteiger partial charge in [-0.2, -0.15) is 0 Å². The van der Waals surface area contributed by atoms with Gasteiger partial charge >= 0.3 is 17.9 Å². The molecule has 8 nitrogen and oxygen atoms in total. The highest BCUT2D eigenvalue weighted by molar-refractivity contribution is 5.93. The summed E-state index contributed by atoms with van der Waals surface area (Å²) in [7, 11) is 3.69. The van der Waals surface area contributed by atoms with Crippen LogP contribution in [0.1, 0.15) is 47.5 Å². The fraction of sp³-hybridized carbons (Fsp3) is 0.783. The van der Waals surface area contributed by atoms with Gasteiger partial charge < -0.3 is 18.9 Å². The second kappa shape index (κ2) is 7.30. The minimum absolute atomic E-state index is 0.230. The van der Waals surface area contributed by atoms with Crippen LogP contribution < -0.4 is 0 Å². The van der Waals surface area contributed by atoms with Crippen LogP contribution in [0, 0.1) is 17.3 Å². The van der Waals surface area contributed by atoms with Crippen LogP contribution in [-0.2, 0) is 33.3 Å². The van der Waals surface area contributed by atoms with Crippen molar-refractivity contribution >= 4 is 17.9 Å². The van der Waals surface area contributed by atoms with Gasteiger partial charge in [-0.1, -0.05) is 27.7 Å². The van der Waals surface area contributed by atoms with Crippen molar-refractivity contribution in [3.8, 4) is 0 Å². The van der Waals surface area contributed by atoms with Crippen LogP contribution in [0.15, 0.2) is 11.6 Å². The van der Waals surface area contributed by atoms with Crippen LogP contribution >= 0.6 is 0 Å². The van der Waals surface area contributed by atoms with Crippen molar-refractivity contribution in [2.45, 2.75) is 83.5 Å². The van der Waals surface area contributed by atoms with Crippen LogP contribution in [-0.4, -0.2) is 73.0 Å². The molecule has 0 N–H and O–H groups in total. The molecular weight excluding hydrogens is 402 g/mol. The van der Waals surface area contributed by atoms with Crippen LogP contribution in [0.3, 0.4) is 0 Å². The van der Waals surface area contributed by atoms with E-state index in [2.05, 4.69) is 0 Å². The lowest BCUT2D eigenvalue weighted by Crippen LogP contribution is -2.49. The maximum atomic E-state index is 12.9. The first kappa shape index (κ1) is 22.3. The Balaban J connectivity index is 1.73. The van der Waals surface area contributed by atoms with Crippen molar-refractivity contribution in [2.24, 2.45) is 17.3 Å². The molecule has 0 aromatic carbocycles. The van der Waals surface area contributed by atoms with Gasteiger partial charge in [0.05, 0.1) is 29.6 Å². The van der Waals surface area contributed by atoms with Crippen LogP contribution in [0.25, 0.3) is 0 Å². The summed E-state index contributed by atoms with van der Waals surface area (Å²) in [4.78, 5) is 39.9. The summed E-state index contributed by atoms with van der Waals surface area (Å²) >= 11 is 0. The molecule has 2 fully saturated rings. The predicted molar refractivity (Wildman–Crippen MR) is 110 cm³/mol. The molecule has 0 saturated carbocycles. The normalized spacial score (nSPS) is 41.7. The van der Waals surface area contributed by atoms with Gasteiger partial charge in [-0.3, -0.25) is 14.5 Å². The van der Waals surface area contributed by atoms with Crippen LogP contribution in [0.5, 0.6) is 0 Å². The summed E-state index contributed by atoms with van der Waals surface area (Å²) < 4.78 is 23.5. The zero-order chi connectivity index (χ0) is 22.9. The zero-order valence-corrected chi connectivity index (χ0v) is 19.3. The van der Waals surface area contributed by atoms with E-state index in [1.807, 2.05) is 53.6 Å². The molecular formula is C23H33NO7. The van der Waals surface area contributed by atoms with Crippen molar-refractivity contribution < 1.29 is 33.3 Å². The molecule has 0 amide bonds. The largest absolute Gasteiger partial charge is 0.462 e. The average Bonchev–Trinajstić information content (AvgIpc) is 3.00. The third kappa shape index (κ3) is 4.00. The Kier molecular flexibility index (Phi) is 5.25. The molecule has 3 heterocycles. The Morgan fingerprint density at radius 3 is 2.55 bits per heavy atom. The van der Waals surface area contributed by atoms with Crippen LogP contribution in [0.4, 0.5) is 0 Å². The van der Waals surface area contributed by atoms with Gasteiger partial charge in [-0.25, -0.2) is 4.79 Å². The van der Waals surface area contributed by atoms with E-state index in [-0.39, 0.29) is 35.6 Å². The summed E-state index contributed by atoms with van der Waals surface area (Å²) in [5, 5.41) is 0. The Hall–Kier alpha value is -1.93. The summed E-state index contributed by atoms with van der Waals surface area (Å²) in [6.45, 7) is 9.68. The number of hydrogen-bond acceptors (Lipinski definition) is 8. The molecule has 172 valence electrons. The SMILES string of the molecule is CC1C(=O)O[C@H]2C[C@]3(C)O[C@H]3[C@H](OC(=O)CC(C)(C)C)[C@H](N(C)C)C3=C[C@@H](OC3=O)[C@H]12. The van der Waals surface area contributed by atoms with Gasteiger partial charge in [-0.05, 0) is 32.5 Å². The molecule has 3 aliphatic heterocycles. The molecule has 31 heavy (non-hydrogen) atoms. The number of carbonyl (C=O) groups excluding carboxylic acids is 3. The lowest BCUT2D eigenvalue weighted by Gasteiger charge is -2.33. The van der Waals surface area contributed by atoms with E-state index in [1.165, 1.54) is 0 Å². The van der Waals surface area contributed by atoms with Crippen molar-refractivity contribution in [3.63, 3.8) is 0 Å². The Morgan fingerprint density at radius 1 is 1.26 bits per heavy atom. The number of ether oxygens (including phenoxy) is 4. The van der Waals surface area contributed by atoms with Gasteiger partial charge in [-0.15, -0.1) is 0 Å². The van der Waals surface area contributed by atoms with Crippen molar-refractivity contribution in [1.29, 1.82) is 0 Å². The predicted octanol–water partition coefficient (Wildman–Crippen LogP) is 1.86. The molecule has 4 aliphatic rings. The number of rotatable bonds is 3. The van der Waals surface area contributed by atoms with Crippen molar-refractivity contribution in [3.05, 3.63) is 11.6 Å². The van der Waals surface area contributed by atoms with Gasteiger partial charge in [0.2, 0.25) is 0 Å². The van der Waals surface area contributed by atoms with E-state index in [1.54, 1.807) is 6.08 Å². The van der Waals surface area contributed by atoms with E-state index >= 15 is 0 Å². The molecule has 0 radical (unpaired) electrons. The topological polar surface area (TPSA) is 94.7 Å². The van der Waals surface area contributed by atoms with Crippen molar-refractivity contribution in [2.75, 3.05) is 14.1 Å². The second-order valence-electron chi connectivity index (χ2n) is 11.0. The monoisotopic (exact) mass is 435 g/mol. The number of likely N-dealkylation sites (N-methyl/N-ethyl adjacent to an activating group) is 1. The number of esters is 3. The number of carbonyl (C=O) groups is 3. The Morgan fingerprint density at radius 2 is 1.94 bits per heavy atom.